The van der Waals surface area contributed by atoms with Gasteiger partial charge in [0.15, 0.2) is 9.84 Å². The van der Waals surface area contributed by atoms with Gasteiger partial charge in [-0.1, -0.05) is 56.3 Å². The second-order valence-corrected chi connectivity index (χ2v) is 14.2. The Hall–Kier alpha value is -2.42. The molecule has 9 heteroatoms. The summed E-state index contributed by atoms with van der Waals surface area (Å²) in [4.78, 5) is 33.2. The first-order chi connectivity index (χ1) is 18.6. The fourth-order valence-corrected chi connectivity index (χ4v) is 7.38. The second-order valence-electron chi connectivity index (χ2n) is 12.1. The third-order valence-electron chi connectivity index (χ3n) is 9.11. The molecule has 0 saturated carbocycles. The lowest BCUT2D eigenvalue weighted by Gasteiger charge is -2.39. The molecular formula is C31H42ClN3O4S. The minimum Gasteiger partial charge on any atom is -0.342 e. The molecule has 3 heterocycles. The number of halogens is 1. The number of likely N-dealkylation sites (tertiary alicyclic amines) is 3. The summed E-state index contributed by atoms with van der Waals surface area (Å²) < 4.78 is 23.5. The highest BCUT2D eigenvalue weighted by atomic mass is 35.5. The van der Waals surface area contributed by atoms with Crippen LogP contribution in [0.5, 0.6) is 0 Å². The van der Waals surface area contributed by atoms with Gasteiger partial charge >= 0.3 is 0 Å². The maximum Gasteiger partial charge on any atom is 0.229 e. The van der Waals surface area contributed by atoms with E-state index in [0.717, 1.165) is 64.1 Å². The van der Waals surface area contributed by atoms with Crippen molar-refractivity contribution in [2.24, 2.45) is 17.3 Å². The Kier molecular flexibility index (Phi) is 9.32. The molecule has 1 spiro atoms. The number of carbonyl (C=O) groups excluding carboxylic acids is 2. The number of nitrogens with zero attached hydrogens (tertiary/aromatic N) is 3. The Balaban J connectivity index is 0.00000370. The molecule has 2 unspecified atom stereocenters. The lowest BCUT2D eigenvalue weighted by molar-refractivity contribution is -0.139. The fourth-order valence-electron chi connectivity index (χ4n) is 6.74. The lowest BCUT2D eigenvalue weighted by Crippen LogP contribution is -2.46. The van der Waals surface area contributed by atoms with Gasteiger partial charge < -0.3 is 14.7 Å². The molecule has 7 nitrogen and oxygen atoms in total. The van der Waals surface area contributed by atoms with E-state index in [4.69, 9.17) is 0 Å². The van der Waals surface area contributed by atoms with Crippen molar-refractivity contribution in [3.63, 3.8) is 0 Å². The predicted octanol–water partition coefficient (Wildman–Crippen LogP) is 4.22. The maximum atomic E-state index is 13.6. The van der Waals surface area contributed by atoms with Crippen molar-refractivity contribution >= 4 is 34.1 Å². The maximum absolute atomic E-state index is 13.6. The quantitative estimate of drug-likeness (QED) is 0.485. The summed E-state index contributed by atoms with van der Waals surface area (Å²) in [5.74, 6) is 1.20. The van der Waals surface area contributed by atoms with Gasteiger partial charge in [0.1, 0.15) is 0 Å². The molecule has 0 aliphatic carbocycles. The number of hydrogen-bond donors (Lipinski definition) is 0. The van der Waals surface area contributed by atoms with E-state index >= 15 is 0 Å². The van der Waals surface area contributed by atoms with Gasteiger partial charge in [0.2, 0.25) is 11.8 Å². The lowest BCUT2D eigenvalue weighted by atomic mass is 9.76. The van der Waals surface area contributed by atoms with Crippen molar-refractivity contribution in [1.29, 1.82) is 0 Å². The van der Waals surface area contributed by atoms with Crippen molar-refractivity contribution in [3.05, 3.63) is 65.7 Å². The van der Waals surface area contributed by atoms with E-state index in [1.54, 1.807) is 12.1 Å². The molecule has 3 aliphatic rings. The summed E-state index contributed by atoms with van der Waals surface area (Å²) in [6.45, 7) is 9.55. The van der Waals surface area contributed by atoms with Crippen molar-refractivity contribution in [1.82, 2.24) is 14.7 Å². The van der Waals surface area contributed by atoms with E-state index in [0.29, 0.717) is 23.3 Å². The van der Waals surface area contributed by atoms with E-state index < -0.39 is 9.84 Å². The van der Waals surface area contributed by atoms with Crippen LogP contribution in [0.2, 0.25) is 0 Å². The summed E-state index contributed by atoms with van der Waals surface area (Å²) in [6, 6.07) is 17.5. The molecule has 0 aromatic heterocycles. The first-order valence-electron chi connectivity index (χ1n) is 14.2. The van der Waals surface area contributed by atoms with Crippen LogP contribution in [0.25, 0.3) is 0 Å². The number of piperidine rings is 1. The van der Waals surface area contributed by atoms with Crippen LogP contribution in [0.15, 0.2) is 59.5 Å². The largest absolute Gasteiger partial charge is 0.342 e. The number of carbonyl (C=O) groups is 2. The Morgan fingerprint density at radius 2 is 1.57 bits per heavy atom. The van der Waals surface area contributed by atoms with Crippen LogP contribution in [0.3, 0.4) is 0 Å². The van der Waals surface area contributed by atoms with Crippen molar-refractivity contribution < 1.29 is 18.0 Å². The number of amides is 2. The molecule has 5 rings (SSSR count). The molecule has 2 atom stereocenters. The van der Waals surface area contributed by atoms with Crippen molar-refractivity contribution in [2.45, 2.75) is 50.5 Å². The number of hydrogen-bond acceptors (Lipinski definition) is 5. The highest BCUT2D eigenvalue weighted by Gasteiger charge is 2.48. The van der Waals surface area contributed by atoms with Gasteiger partial charge in [0.25, 0.3) is 0 Å². The van der Waals surface area contributed by atoms with Crippen molar-refractivity contribution in [2.75, 3.05) is 45.5 Å². The van der Waals surface area contributed by atoms with Crippen LogP contribution in [0.4, 0.5) is 0 Å². The first kappa shape index (κ1) is 30.5. The monoisotopic (exact) mass is 587 g/mol. The average molecular weight is 588 g/mol. The standard InChI is InChI=1S/C31H41N3O4S.ClH/c1-23(2)29(35)34-21-26(28(22-34)25-7-5-4-6-8-25)20-32-16-13-31(14-17-32)15-18-33(30(31)36)19-24-9-11-27(12-10-24)39(3,37)38;/h4-12,23,26,28H,13-22H2,1-3H3;1H. The van der Waals surface area contributed by atoms with Gasteiger partial charge in [-0.15, -0.1) is 12.4 Å². The van der Waals surface area contributed by atoms with E-state index in [1.165, 1.54) is 11.8 Å². The molecule has 0 N–H and O–H groups in total. The summed E-state index contributed by atoms with van der Waals surface area (Å²) in [5, 5.41) is 0. The summed E-state index contributed by atoms with van der Waals surface area (Å²) in [5.41, 5.74) is 1.98. The molecule has 3 aliphatic heterocycles. The molecule has 2 amide bonds. The van der Waals surface area contributed by atoms with Gasteiger partial charge in [0, 0.05) is 50.8 Å². The molecule has 218 valence electrons. The number of sulfone groups is 1. The van der Waals surface area contributed by atoms with Crippen molar-refractivity contribution in [3.8, 4) is 0 Å². The molecule has 0 bridgehead atoms. The SMILES string of the molecule is CC(C)C(=O)N1CC(CN2CCC3(CC2)CCN(Cc2ccc(S(C)(=O)=O)cc2)C3=O)C(c2ccccc2)C1.Cl. The molecular weight excluding hydrogens is 546 g/mol. The average Bonchev–Trinajstić information content (AvgIpc) is 3.47. The van der Waals surface area contributed by atoms with Gasteiger partial charge in [-0.05, 0) is 61.5 Å². The first-order valence-corrected chi connectivity index (χ1v) is 16.1. The second kappa shape index (κ2) is 12.2. The van der Waals surface area contributed by atoms with Crippen LogP contribution < -0.4 is 0 Å². The van der Waals surface area contributed by atoms with Crippen LogP contribution >= 0.6 is 12.4 Å². The minimum absolute atomic E-state index is 0. The third kappa shape index (κ3) is 6.39. The zero-order chi connectivity index (χ0) is 27.8. The predicted molar refractivity (Wildman–Crippen MR) is 159 cm³/mol. The van der Waals surface area contributed by atoms with E-state index in [-0.39, 0.29) is 35.6 Å². The Labute approximate surface area is 245 Å². The number of rotatable bonds is 7. The normalized spacial score (nSPS) is 23.1. The van der Waals surface area contributed by atoms with Crippen LogP contribution in [-0.2, 0) is 26.0 Å². The Morgan fingerprint density at radius 3 is 2.17 bits per heavy atom. The highest BCUT2D eigenvalue weighted by molar-refractivity contribution is 7.90. The van der Waals surface area contributed by atoms with E-state index in [2.05, 4.69) is 34.1 Å². The van der Waals surface area contributed by atoms with Gasteiger partial charge in [-0.25, -0.2) is 8.42 Å². The summed E-state index contributed by atoms with van der Waals surface area (Å²) in [6.07, 6.45) is 3.82. The Bertz CT molecular complexity index is 1290. The minimum atomic E-state index is -3.23. The van der Waals surface area contributed by atoms with Gasteiger partial charge in [-0.3, -0.25) is 9.59 Å². The molecule has 2 aromatic rings. The topological polar surface area (TPSA) is 78.0 Å². The summed E-state index contributed by atoms with van der Waals surface area (Å²) in [7, 11) is -3.23. The molecule has 3 saturated heterocycles. The van der Waals surface area contributed by atoms with E-state index in [1.807, 2.05) is 36.9 Å². The number of benzene rings is 2. The molecule has 40 heavy (non-hydrogen) atoms. The molecule has 3 fully saturated rings. The van der Waals surface area contributed by atoms with Crippen LogP contribution in [0, 0.1) is 17.3 Å². The van der Waals surface area contributed by atoms with E-state index in [9.17, 15) is 18.0 Å². The zero-order valence-electron chi connectivity index (χ0n) is 23.8. The summed E-state index contributed by atoms with van der Waals surface area (Å²) >= 11 is 0. The van der Waals surface area contributed by atoms with Gasteiger partial charge in [0.05, 0.1) is 10.3 Å². The fraction of sp³-hybridized carbons (Fsp3) is 0.548. The molecule has 0 radical (unpaired) electrons. The van der Waals surface area contributed by atoms with Crippen LogP contribution in [-0.4, -0.2) is 80.5 Å². The smallest absolute Gasteiger partial charge is 0.229 e. The Morgan fingerprint density at radius 1 is 0.950 bits per heavy atom. The highest BCUT2D eigenvalue weighted by Crippen LogP contribution is 2.43. The van der Waals surface area contributed by atoms with Gasteiger partial charge in [-0.2, -0.15) is 0 Å². The third-order valence-corrected chi connectivity index (χ3v) is 10.2. The van der Waals surface area contributed by atoms with Crippen LogP contribution in [0.1, 0.15) is 50.2 Å². The molecule has 2 aromatic carbocycles. The zero-order valence-corrected chi connectivity index (χ0v) is 25.4.